The van der Waals surface area contributed by atoms with E-state index in [0.29, 0.717) is 37.6 Å². The number of benzene rings is 2. The Morgan fingerprint density at radius 3 is 2.45 bits per heavy atom. The molecule has 0 radical (unpaired) electrons. The molecule has 0 spiro atoms. The van der Waals surface area contributed by atoms with Crippen LogP contribution in [-0.4, -0.2) is 58.1 Å². The summed E-state index contributed by atoms with van der Waals surface area (Å²) < 4.78 is 38.4. The molecule has 10 heteroatoms. The first-order chi connectivity index (χ1) is 15.9. The third-order valence-corrected chi connectivity index (χ3v) is 7.71. The number of methoxy groups -OCH3 is 1. The van der Waals surface area contributed by atoms with Gasteiger partial charge in [-0.3, -0.25) is 9.69 Å². The van der Waals surface area contributed by atoms with Crippen molar-refractivity contribution in [2.45, 2.75) is 30.6 Å². The Hall–Kier alpha value is -3.11. The van der Waals surface area contributed by atoms with E-state index in [4.69, 9.17) is 9.47 Å². The van der Waals surface area contributed by atoms with Gasteiger partial charge in [0.1, 0.15) is 17.3 Å². The van der Waals surface area contributed by atoms with Crippen LogP contribution in [0, 0.1) is 0 Å². The van der Waals surface area contributed by atoms with Crippen LogP contribution < -0.4 is 15.0 Å². The number of rotatable bonds is 6. The monoisotopic (exact) mass is 473 g/mol. The lowest BCUT2D eigenvalue weighted by Crippen LogP contribution is -2.32. The first-order valence-corrected chi connectivity index (χ1v) is 12.4. The summed E-state index contributed by atoms with van der Waals surface area (Å²) in [4.78, 5) is 26.2. The van der Waals surface area contributed by atoms with Crippen molar-refractivity contribution in [3.05, 3.63) is 48.0 Å². The van der Waals surface area contributed by atoms with Crippen molar-refractivity contribution >= 4 is 33.4 Å². The van der Waals surface area contributed by atoms with E-state index in [1.807, 2.05) is 0 Å². The predicted molar refractivity (Wildman–Crippen MR) is 123 cm³/mol. The number of anilines is 2. The van der Waals surface area contributed by atoms with Crippen LogP contribution in [0.25, 0.3) is 0 Å². The molecule has 0 unspecified atom stereocenters. The quantitative estimate of drug-likeness (QED) is 0.689. The molecular formula is C23H27N3O6S. The van der Waals surface area contributed by atoms with Crippen LogP contribution in [0.1, 0.15) is 36.0 Å². The molecule has 2 fully saturated rings. The molecule has 0 aliphatic carbocycles. The van der Waals surface area contributed by atoms with Gasteiger partial charge in [-0.05, 0) is 49.2 Å². The van der Waals surface area contributed by atoms with Crippen LogP contribution in [-0.2, 0) is 14.8 Å². The third-order valence-electron chi connectivity index (χ3n) is 5.79. The van der Waals surface area contributed by atoms with Gasteiger partial charge in [0.05, 0.1) is 13.7 Å². The molecule has 2 aliphatic rings. The fraction of sp³-hybridized carbons (Fsp3) is 0.391. The molecule has 9 nitrogen and oxygen atoms in total. The number of cyclic esters (lactones) is 1. The number of amides is 2. The summed E-state index contributed by atoms with van der Waals surface area (Å²) in [6.45, 7) is 1.66. The Bertz CT molecular complexity index is 1140. The Morgan fingerprint density at radius 1 is 1.03 bits per heavy atom. The van der Waals surface area contributed by atoms with Crippen molar-refractivity contribution < 1.29 is 27.5 Å². The highest BCUT2D eigenvalue weighted by Crippen LogP contribution is 2.30. The number of nitrogens with one attached hydrogen (secondary N) is 1. The topological polar surface area (TPSA) is 105 Å². The van der Waals surface area contributed by atoms with Crippen LogP contribution in [0.3, 0.4) is 0 Å². The van der Waals surface area contributed by atoms with Gasteiger partial charge in [0.25, 0.3) is 5.91 Å². The van der Waals surface area contributed by atoms with E-state index in [9.17, 15) is 18.0 Å². The minimum atomic E-state index is -3.81. The molecule has 33 heavy (non-hydrogen) atoms. The maximum Gasteiger partial charge on any atom is 0.414 e. The van der Waals surface area contributed by atoms with Crippen LogP contribution in [0.2, 0.25) is 0 Å². The van der Waals surface area contributed by atoms with Crippen molar-refractivity contribution in [2.75, 3.05) is 43.6 Å². The van der Waals surface area contributed by atoms with E-state index >= 15 is 0 Å². The number of ether oxygens (including phenoxy) is 2. The van der Waals surface area contributed by atoms with Gasteiger partial charge in [0.15, 0.2) is 0 Å². The van der Waals surface area contributed by atoms with Gasteiger partial charge in [-0.1, -0.05) is 18.9 Å². The van der Waals surface area contributed by atoms with Crippen molar-refractivity contribution in [2.24, 2.45) is 0 Å². The van der Waals surface area contributed by atoms with Gasteiger partial charge in [-0.25, -0.2) is 13.2 Å². The Kier molecular flexibility index (Phi) is 6.85. The summed E-state index contributed by atoms with van der Waals surface area (Å²) in [6.07, 6.45) is 3.18. The molecule has 2 aliphatic heterocycles. The molecule has 0 atom stereocenters. The van der Waals surface area contributed by atoms with Crippen LogP contribution in [0.15, 0.2) is 47.4 Å². The largest absolute Gasteiger partial charge is 0.495 e. The zero-order valence-electron chi connectivity index (χ0n) is 18.5. The Balaban J connectivity index is 1.58. The van der Waals surface area contributed by atoms with E-state index < -0.39 is 22.0 Å². The van der Waals surface area contributed by atoms with Gasteiger partial charge in [0.2, 0.25) is 10.0 Å². The number of hydrogen-bond acceptors (Lipinski definition) is 6. The molecular weight excluding hydrogens is 446 g/mol. The fourth-order valence-corrected chi connectivity index (χ4v) is 5.72. The number of sulfonamides is 1. The van der Waals surface area contributed by atoms with Gasteiger partial charge in [-0.2, -0.15) is 4.31 Å². The smallest absolute Gasteiger partial charge is 0.414 e. The van der Waals surface area contributed by atoms with E-state index in [2.05, 4.69) is 5.32 Å². The lowest BCUT2D eigenvalue weighted by atomic mass is 10.2. The predicted octanol–water partition coefficient (Wildman–Crippen LogP) is 3.47. The number of carbonyl (C=O) groups is 2. The maximum absolute atomic E-state index is 13.3. The first kappa shape index (κ1) is 23.1. The van der Waals surface area contributed by atoms with Crippen molar-refractivity contribution in [3.63, 3.8) is 0 Å². The minimum absolute atomic E-state index is 0.0203. The zero-order chi connectivity index (χ0) is 23.4. The molecule has 176 valence electrons. The lowest BCUT2D eigenvalue weighted by molar-refractivity contribution is 0.102. The molecule has 1 N–H and O–H groups in total. The normalized spacial score (nSPS) is 17.4. The Morgan fingerprint density at radius 2 is 1.79 bits per heavy atom. The third kappa shape index (κ3) is 4.96. The standard InChI is InChI=1S/C23H27N3O6S/c1-31-20-10-9-17(15-21(20)33(29,30)25-11-4-2-3-5-12-25)22(27)24-18-7-6-8-19(16-18)26-13-14-32-23(26)28/h6-10,15-16H,2-5,11-14H2,1H3,(H,24,27). The average molecular weight is 474 g/mol. The van der Waals surface area contributed by atoms with E-state index in [-0.39, 0.29) is 16.2 Å². The molecule has 2 aromatic carbocycles. The summed E-state index contributed by atoms with van der Waals surface area (Å²) >= 11 is 0. The summed E-state index contributed by atoms with van der Waals surface area (Å²) in [6, 6.07) is 11.2. The summed E-state index contributed by atoms with van der Waals surface area (Å²) in [7, 11) is -2.40. The molecule has 4 rings (SSSR count). The lowest BCUT2D eigenvalue weighted by Gasteiger charge is -2.21. The number of carbonyl (C=O) groups excluding carboxylic acids is 2. The van der Waals surface area contributed by atoms with Gasteiger partial charge in [0, 0.05) is 30.0 Å². The highest BCUT2D eigenvalue weighted by molar-refractivity contribution is 7.89. The summed E-state index contributed by atoms with van der Waals surface area (Å²) in [5.74, 6) is -0.267. The van der Waals surface area contributed by atoms with Crippen molar-refractivity contribution in [1.29, 1.82) is 0 Å². The summed E-state index contributed by atoms with van der Waals surface area (Å²) in [5, 5.41) is 2.78. The number of nitrogens with zero attached hydrogens (tertiary/aromatic N) is 2. The second-order valence-electron chi connectivity index (χ2n) is 7.95. The van der Waals surface area contributed by atoms with E-state index in [1.54, 1.807) is 24.3 Å². The highest BCUT2D eigenvalue weighted by atomic mass is 32.2. The highest BCUT2D eigenvalue weighted by Gasteiger charge is 2.29. The molecule has 2 aromatic rings. The first-order valence-electron chi connectivity index (χ1n) is 10.9. The molecule has 0 bridgehead atoms. The van der Waals surface area contributed by atoms with Gasteiger partial charge in [-0.15, -0.1) is 0 Å². The fourth-order valence-electron chi connectivity index (χ4n) is 4.02. The molecule has 0 saturated carbocycles. The number of hydrogen-bond donors (Lipinski definition) is 1. The molecule has 2 amide bonds. The minimum Gasteiger partial charge on any atom is -0.495 e. The maximum atomic E-state index is 13.3. The van der Waals surface area contributed by atoms with Crippen molar-refractivity contribution in [3.8, 4) is 5.75 Å². The zero-order valence-corrected chi connectivity index (χ0v) is 19.3. The summed E-state index contributed by atoms with van der Waals surface area (Å²) in [5.41, 5.74) is 1.27. The average Bonchev–Trinajstić information content (AvgIpc) is 3.06. The van der Waals surface area contributed by atoms with Crippen LogP contribution in [0.4, 0.5) is 16.2 Å². The molecule has 0 aromatic heterocycles. The SMILES string of the molecule is COc1ccc(C(=O)Nc2cccc(N3CCOC3=O)c2)cc1S(=O)(=O)N1CCCCCC1. The van der Waals surface area contributed by atoms with Crippen molar-refractivity contribution in [1.82, 2.24) is 4.31 Å². The second-order valence-corrected chi connectivity index (χ2v) is 9.86. The van der Waals surface area contributed by atoms with E-state index in [1.165, 1.54) is 34.5 Å². The molecule has 2 heterocycles. The van der Waals surface area contributed by atoms with Crippen LogP contribution in [0.5, 0.6) is 5.75 Å². The van der Waals surface area contributed by atoms with Gasteiger partial charge < -0.3 is 14.8 Å². The van der Waals surface area contributed by atoms with Crippen LogP contribution >= 0.6 is 0 Å². The van der Waals surface area contributed by atoms with E-state index in [0.717, 1.165) is 25.7 Å². The molecule has 2 saturated heterocycles. The second kappa shape index (κ2) is 9.80. The Labute approximate surface area is 193 Å². The van der Waals surface area contributed by atoms with Gasteiger partial charge >= 0.3 is 6.09 Å².